The third-order valence-corrected chi connectivity index (χ3v) is 2.97. The highest BCUT2D eigenvalue weighted by Gasteiger charge is 2.07. The van der Waals surface area contributed by atoms with E-state index in [1.54, 1.807) is 6.07 Å². The van der Waals surface area contributed by atoms with Gasteiger partial charge >= 0.3 is 0 Å². The third kappa shape index (κ3) is 3.81. The number of pyridine rings is 1. The first-order chi connectivity index (χ1) is 10.5. The molecule has 0 bridgehead atoms. The largest absolute Gasteiger partial charge is 0.497 e. The number of ether oxygens (including phenoxy) is 1. The van der Waals surface area contributed by atoms with Gasteiger partial charge in [0.05, 0.1) is 18.2 Å². The summed E-state index contributed by atoms with van der Waals surface area (Å²) in [7, 11) is 1.43. The second-order valence-corrected chi connectivity index (χ2v) is 4.48. The Kier molecular flexibility index (Phi) is 4.72. The molecule has 2 rings (SSSR count). The zero-order chi connectivity index (χ0) is 16.1. The topological polar surface area (TPSA) is 86.4 Å². The highest BCUT2D eigenvalue weighted by molar-refractivity contribution is 5.48. The Labute approximate surface area is 125 Å². The fraction of sp³-hybridized carbons (Fsp3) is 0.214. The van der Waals surface area contributed by atoms with E-state index in [4.69, 9.17) is 4.74 Å². The molecule has 0 radical (unpaired) electrons. The molecule has 0 spiro atoms. The van der Waals surface area contributed by atoms with Crippen LogP contribution in [-0.4, -0.2) is 23.1 Å². The van der Waals surface area contributed by atoms with Crippen LogP contribution in [0.5, 0.6) is 5.75 Å². The third-order valence-electron chi connectivity index (χ3n) is 2.97. The van der Waals surface area contributed by atoms with Crippen molar-refractivity contribution in [2.75, 3.05) is 19.0 Å². The van der Waals surface area contributed by atoms with Gasteiger partial charge < -0.3 is 14.6 Å². The number of nitrogens with one attached hydrogen (secondary N) is 1. The standard InChI is InChI=1S/C14H14FN3O4/c1-22-13-7-10(15)6-11(8-13)16-4-5-17-9-12(18(20)21)2-3-14(17)19/h2-3,6-9,16H,4-5H2,1H3. The summed E-state index contributed by atoms with van der Waals surface area (Å²) >= 11 is 0. The lowest BCUT2D eigenvalue weighted by Crippen LogP contribution is -2.22. The van der Waals surface area contributed by atoms with E-state index >= 15 is 0 Å². The maximum Gasteiger partial charge on any atom is 0.285 e. The monoisotopic (exact) mass is 307 g/mol. The molecule has 0 saturated heterocycles. The lowest BCUT2D eigenvalue weighted by molar-refractivity contribution is -0.385. The summed E-state index contributed by atoms with van der Waals surface area (Å²) in [6, 6.07) is 6.45. The molecular formula is C14H14FN3O4. The van der Waals surface area contributed by atoms with Crippen molar-refractivity contribution in [1.82, 2.24) is 4.57 Å². The van der Waals surface area contributed by atoms with Gasteiger partial charge in [-0.05, 0) is 6.07 Å². The van der Waals surface area contributed by atoms with Crippen molar-refractivity contribution < 1.29 is 14.1 Å². The van der Waals surface area contributed by atoms with Crippen LogP contribution >= 0.6 is 0 Å². The summed E-state index contributed by atoms with van der Waals surface area (Å²) in [5.41, 5.74) is -0.00780. The van der Waals surface area contributed by atoms with Crippen LogP contribution in [-0.2, 0) is 6.54 Å². The zero-order valence-corrected chi connectivity index (χ0v) is 11.8. The van der Waals surface area contributed by atoms with Crippen molar-refractivity contribution in [3.05, 3.63) is 62.8 Å². The van der Waals surface area contributed by atoms with Gasteiger partial charge in [-0.3, -0.25) is 14.9 Å². The molecular weight excluding hydrogens is 293 g/mol. The van der Waals surface area contributed by atoms with Gasteiger partial charge in [0.25, 0.3) is 11.2 Å². The number of methoxy groups -OCH3 is 1. The maximum atomic E-state index is 13.3. The smallest absolute Gasteiger partial charge is 0.285 e. The van der Waals surface area contributed by atoms with E-state index in [1.807, 2.05) is 0 Å². The average Bonchev–Trinajstić information content (AvgIpc) is 2.48. The highest BCUT2D eigenvalue weighted by atomic mass is 19.1. The number of nitro groups is 1. The normalized spacial score (nSPS) is 10.3. The molecule has 116 valence electrons. The molecule has 22 heavy (non-hydrogen) atoms. The summed E-state index contributed by atoms with van der Waals surface area (Å²) in [5.74, 6) is -0.0793. The number of hydrogen-bond donors (Lipinski definition) is 1. The first kappa shape index (κ1) is 15.5. The SMILES string of the molecule is COc1cc(F)cc(NCCn2cc([N+](=O)[O-])ccc2=O)c1. The molecule has 0 fully saturated rings. The van der Waals surface area contributed by atoms with Gasteiger partial charge in [-0.15, -0.1) is 0 Å². The first-order valence-electron chi connectivity index (χ1n) is 6.43. The van der Waals surface area contributed by atoms with E-state index in [2.05, 4.69) is 5.32 Å². The lowest BCUT2D eigenvalue weighted by Gasteiger charge is -2.10. The Morgan fingerprint density at radius 1 is 1.36 bits per heavy atom. The summed E-state index contributed by atoms with van der Waals surface area (Å²) < 4.78 is 19.5. The highest BCUT2D eigenvalue weighted by Crippen LogP contribution is 2.19. The van der Waals surface area contributed by atoms with Crippen molar-refractivity contribution in [2.45, 2.75) is 6.54 Å². The van der Waals surface area contributed by atoms with Crippen LogP contribution in [0, 0.1) is 15.9 Å². The Bertz CT molecular complexity index is 745. The number of aromatic nitrogens is 1. The number of hydrogen-bond acceptors (Lipinski definition) is 5. The van der Waals surface area contributed by atoms with Crippen LogP contribution in [0.2, 0.25) is 0 Å². The van der Waals surface area contributed by atoms with Crippen LogP contribution in [0.25, 0.3) is 0 Å². The minimum absolute atomic E-state index is 0.160. The molecule has 0 unspecified atom stereocenters. The predicted octanol–water partition coefficient (Wildman–Crippen LogP) is 2.02. The van der Waals surface area contributed by atoms with Crippen LogP contribution in [0.3, 0.4) is 0 Å². The summed E-state index contributed by atoms with van der Waals surface area (Å²) in [6.45, 7) is 0.507. The minimum atomic E-state index is -0.569. The van der Waals surface area contributed by atoms with Gasteiger partial charge in [0.2, 0.25) is 0 Å². The molecule has 0 aliphatic heterocycles. The number of halogens is 1. The second-order valence-electron chi connectivity index (χ2n) is 4.48. The van der Waals surface area contributed by atoms with E-state index in [9.17, 15) is 19.3 Å². The molecule has 2 aromatic rings. The Balaban J connectivity index is 2.05. The van der Waals surface area contributed by atoms with Gasteiger partial charge in [-0.2, -0.15) is 0 Å². The molecule has 0 atom stereocenters. The van der Waals surface area contributed by atoms with Crippen molar-refractivity contribution in [1.29, 1.82) is 0 Å². The number of nitrogens with zero attached hydrogens (tertiary/aromatic N) is 2. The molecule has 0 amide bonds. The fourth-order valence-corrected chi connectivity index (χ4v) is 1.90. The molecule has 8 heteroatoms. The van der Waals surface area contributed by atoms with Gasteiger partial charge in [-0.1, -0.05) is 0 Å². The number of benzene rings is 1. The second kappa shape index (κ2) is 6.70. The summed E-state index contributed by atoms with van der Waals surface area (Å²) in [4.78, 5) is 21.7. The maximum absolute atomic E-state index is 13.3. The number of anilines is 1. The van der Waals surface area contributed by atoms with E-state index in [1.165, 1.54) is 30.0 Å². The molecule has 0 aliphatic rings. The Hall–Kier alpha value is -2.90. The predicted molar refractivity (Wildman–Crippen MR) is 78.8 cm³/mol. The first-order valence-corrected chi connectivity index (χ1v) is 6.43. The van der Waals surface area contributed by atoms with E-state index in [0.717, 1.165) is 12.1 Å². The van der Waals surface area contributed by atoms with Crippen LogP contribution in [0.4, 0.5) is 15.8 Å². The number of rotatable bonds is 6. The molecule has 0 aliphatic carbocycles. The lowest BCUT2D eigenvalue weighted by atomic mass is 10.3. The van der Waals surface area contributed by atoms with Crippen molar-refractivity contribution in [3.63, 3.8) is 0 Å². The quantitative estimate of drug-likeness (QED) is 0.651. The van der Waals surface area contributed by atoms with Crippen LogP contribution in [0.15, 0.2) is 41.3 Å². The van der Waals surface area contributed by atoms with Crippen molar-refractivity contribution in [3.8, 4) is 5.75 Å². The van der Waals surface area contributed by atoms with Crippen molar-refractivity contribution in [2.24, 2.45) is 0 Å². The van der Waals surface area contributed by atoms with Crippen LogP contribution in [0.1, 0.15) is 0 Å². The molecule has 0 saturated carbocycles. The Morgan fingerprint density at radius 2 is 2.14 bits per heavy atom. The van der Waals surface area contributed by atoms with Gasteiger partial charge in [-0.25, -0.2) is 4.39 Å². The molecule has 1 aromatic heterocycles. The Morgan fingerprint density at radius 3 is 2.82 bits per heavy atom. The molecule has 1 N–H and O–H groups in total. The zero-order valence-electron chi connectivity index (χ0n) is 11.8. The average molecular weight is 307 g/mol. The van der Waals surface area contributed by atoms with E-state index in [-0.39, 0.29) is 17.8 Å². The summed E-state index contributed by atoms with van der Waals surface area (Å²) in [6.07, 6.45) is 1.18. The minimum Gasteiger partial charge on any atom is -0.497 e. The van der Waals surface area contributed by atoms with Gasteiger partial charge in [0.15, 0.2) is 0 Å². The van der Waals surface area contributed by atoms with E-state index < -0.39 is 10.7 Å². The van der Waals surface area contributed by atoms with Crippen molar-refractivity contribution >= 4 is 11.4 Å². The van der Waals surface area contributed by atoms with Gasteiger partial charge in [0.1, 0.15) is 11.6 Å². The molecule has 1 aromatic carbocycles. The van der Waals surface area contributed by atoms with Crippen LogP contribution < -0.4 is 15.6 Å². The summed E-state index contributed by atoms with van der Waals surface area (Å²) in [5, 5.41) is 13.6. The van der Waals surface area contributed by atoms with E-state index in [0.29, 0.717) is 18.0 Å². The fourth-order valence-electron chi connectivity index (χ4n) is 1.90. The molecule has 1 heterocycles. The molecule has 7 nitrogen and oxygen atoms in total. The van der Waals surface area contributed by atoms with Gasteiger partial charge in [0, 0.05) is 43.0 Å².